The van der Waals surface area contributed by atoms with Crippen molar-refractivity contribution in [2.24, 2.45) is 10.9 Å². The number of nitrogens with zero attached hydrogens (tertiary/aromatic N) is 1. The van der Waals surface area contributed by atoms with E-state index in [0.29, 0.717) is 26.9 Å². The minimum Gasteiger partial charge on any atom is -0.409 e. The molecule has 0 aliphatic carbocycles. The Labute approximate surface area is 131 Å². The lowest BCUT2D eigenvalue weighted by atomic mass is 10.1. The molecule has 2 aromatic rings. The van der Waals surface area contributed by atoms with E-state index in [4.69, 9.17) is 34.1 Å². The van der Waals surface area contributed by atoms with Gasteiger partial charge >= 0.3 is 0 Å². The normalized spacial score (nSPS) is 11.2. The highest BCUT2D eigenvalue weighted by Crippen LogP contribution is 2.21. The van der Waals surface area contributed by atoms with Crippen LogP contribution in [0, 0.1) is 0 Å². The molecule has 0 aliphatic heterocycles. The van der Waals surface area contributed by atoms with E-state index in [2.05, 4.69) is 10.5 Å². The molecule has 0 aliphatic rings. The summed E-state index contributed by atoms with van der Waals surface area (Å²) in [5, 5.41) is 15.1. The van der Waals surface area contributed by atoms with Crippen molar-refractivity contribution in [3.8, 4) is 0 Å². The van der Waals surface area contributed by atoms with E-state index in [-0.39, 0.29) is 5.84 Å². The first-order chi connectivity index (χ1) is 10.0. The molecule has 4 N–H and O–H groups in total. The highest BCUT2D eigenvalue weighted by molar-refractivity contribution is 6.35. The molecule has 0 heterocycles. The molecular formula is C14H11Cl2N3O2. The predicted molar refractivity (Wildman–Crippen MR) is 83.4 cm³/mol. The standard InChI is InChI=1S/C14H11Cl2N3O2/c15-9-5-8(6-10(16)7-9)14(20)18-12-4-2-1-3-11(12)13(17)19-21/h1-7,21H,(H2,17,19)(H,18,20). The van der Waals surface area contributed by atoms with E-state index in [9.17, 15) is 4.79 Å². The summed E-state index contributed by atoms with van der Waals surface area (Å²) < 4.78 is 0. The third-order valence-corrected chi connectivity index (χ3v) is 3.12. The summed E-state index contributed by atoms with van der Waals surface area (Å²) in [5.74, 6) is -0.507. The monoisotopic (exact) mass is 323 g/mol. The number of hydrogen-bond donors (Lipinski definition) is 3. The van der Waals surface area contributed by atoms with Crippen molar-refractivity contribution in [1.29, 1.82) is 0 Å². The molecule has 1 amide bonds. The van der Waals surface area contributed by atoms with E-state index < -0.39 is 5.91 Å². The fourth-order valence-electron chi connectivity index (χ4n) is 1.75. The number of benzene rings is 2. The van der Waals surface area contributed by atoms with Crippen LogP contribution in [-0.2, 0) is 0 Å². The second kappa shape index (κ2) is 6.47. The molecule has 0 atom stereocenters. The van der Waals surface area contributed by atoms with Gasteiger partial charge in [0.1, 0.15) is 0 Å². The average molecular weight is 324 g/mol. The lowest BCUT2D eigenvalue weighted by Gasteiger charge is -2.10. The largest absolute Gasteiger partial charge is 0.409 e. The first-order valence-electron chi connectivity index (χ1n) is 5.85. The molecule has 0 bridgehead atoms. The Kier molecular flexibility index (Phi) is 4.67. The van der Waals surface area contributed by atoms with Gasteiger partial charge in [-0.25, -0.2) is 0 Å². The van der Waals surface area contributed by atoms with Crippen LogP contribution < -0.4 is 11.1 Å². The van der Waals surface area contributed by atoms with Gasteiger partial charge in [-0.1, -0.05) is 40.5 Å². The highest BCUT2D eigenvalue weighted by Gasteiger charge is 2.12. The van der Waals surface area contributed by atoms with Crippen molar-refractivity contribution in [1.82, 2.24) is 0 Å². The number of anilines is 1. The molecule has 5 nitrogen and oxygen atoms in total. The molecule has 2 rings (SSSR count). The van der Waals surface area contributed by atoms with Crippen molar-refractivity contribution < 1.29 is 10.0 Å². The van der Waals surface area contributed by atoms with Crippen LogP contribution >= 0.6 is 23.2 Å². The predicted octanol–water partition coefficient (Wildman–Crippen LogP) is 3.34. The Hall–Kier alpha value is -2.24. The van der Waals surface area contributed by atoms with Crippen molar-refractivity contribution >= 4 is 40.6 Å². The molecule has 0 spiro atoms. The Morgan fingerprint density at radius 1 is 1.14 bits per heavy atom. The first kappa shape index (κ1) is 15.2. The van der Waals surface area contributed by atoms with E-state index in [1.54, 1.807) is 24.3 Å². The minimum atomic E-state index is -0.405. The fraction of sp³-hybridized carbons (Fsp3) is 0. The van der Waals surface area contributed by atoms with Crippen LogP contribution in [0.25, 0.3) is 0 Å². The minimum absolute atomic E-state index is 0.102. The fourth-order valence-corrected chi connectivity index (χ4v) is 2.27. The molecule has 7 heteroatoms. The zero-order valence-corrected chi connectivity index (χ0v) is 12.2. The van der Waals surface area contributed by atoms with Gasteiger partial charge < -0.3 is 16.3 Å². The van der Waals surface area contributed by atoms with Crippen LogP contribution in [0.2, 0.25) is 10.0 Å². The summed E-state index contributed by atoms with van der Waals surface area (Å²) >= 11 is 11.7. The van der Waals surface area contributed by atoms with Crippen molar-refractivity contribution in [3.05, 3.63) is 63.6 Å². The SMILES string of the molecule is N/C(=N/O)c1ccccc1NC(=O)c1cc(Cl)cc(Cl)c1. The molecule has 0 aromatic heterocycles. The van der Waals surface area contributed by atoms with Crippen LogP contribution in [0.4, 0.5) is 5.69 Å². The van der Waals surface area contributed by atoms with Gasteiger partial charge in [0.2, 0.25) is 0 Å². The molecule has 108 valence electrons. The van der Waals surface area contributed by atoms with Gasteiger partial charge in [0, 0.05) is 21.2 Å². The van der Waals surface area contributed by atoms with E-state index in [1.165, 1.54) is 18.2 Å². The highest BCUT2D eigenvalue weighted by atomic mass is 35.5. The molecule has 0 saturated carbocycles. The third-order valence-electron chi connectivity index (χ3n) is 2.68. The summed E-state index contributed by atoms with van der Waals surface area (Å²) in [6.45, 7) is 0. The number of nitrogens with one attached hydrogen (secondary N) is 1. The maximum Gasteiger partial charge on any atom is 0.255 e. The number of hydrogen-bond acceptors (Lipinski definition) is 3. The van der Waals surface area contributed by atoms with E-state index in [1.807, 2.05) is 0 Å². The summed E-state index contributed by atoms with van der Waals surface area (Å²) in [6.07, 6.45) is 0. The Morgan fingerprint density at radius 2 is 1.76 bits per heavy atom. The van der Waals surface area contributed by atoms with Crippen LogP contribution in [-0.4, -0.2) is 17.0 Å². The zero-order chi connectivity index (χ0) is 15.4. The summed E-state index contributed by atoms with van der Waals surface area (Å²) in [6, 6.07) is 11.2. The summed E-state index contributed by atoms with van der Waals surface area (Å²) in [5.41, 5.74) is 6.69. The Balaban J connectivity index is 2.32. The molecular weight excluding hydrogens is 313 g/mol. The van der Waals surface area contributed by atoms with Crippen molar-refractivity contribution in [2.45, 2.75) is 0 Å². The quantitative estimate of drug-likeness (QED) is 0.350. The number of halogens is 2. The summed E-state index contributed by atoms with van der Waals surface area (Å²) in [7, 11) is 0. The van der Waals surface area contributed by atoms with E-state index >= 15 is 0 Å². The van der Waals surface area contributed by atoms with Crippen LogP contribution in [0.5, 0.6) is 0 Å². The average Bonchev–Trinajstić information content (AvgIpc) is 2.46. The van der Waals surface area contributed by atoms with Crippen LogP contribution in [0.15, 0.2) is 47.6 Å². The lowest BCUT2D eigenvalue weighted by molar-refractivity contribution is 0.102. The van der Waals surface area contributed by atoms with E-state index in [0.717, 1.165) is 0 Å². The third kappa shape index (κ3) is 3.65. The second-order valence-electron chi connectivity index (χ2n) is 4.14. The number of carbonyl (C=O) groups excluding carboxylic acids is 1. The number of rotatable bonds is 3. The zero-order valence-electron chi connectivity index (χ0n) is 10.7. The summed E-state index contributed by atoms with van der Waals surface area (Å²) in [4.78, 5) is 12.2. The van der Waals surface area contributed by atoms with Gasteiger partial charge in [-0.15, -0.1) is 0 Å². The molecule has 0 unspecified atom stereocenters. The Bertz CT molecular complexity index is 697. The van der Waals surface area contributed by atoms with Crippen LogP contribution in [0.3, 0.4) is 0 Å². The number of amides is 1. The van der Waals surface area contributed by atoms with Gasteiger partial charge in [0.25, 0.3) is 5.91 Å². The maximum atomic E-state index is 12.2. The number of oxime groups is 1. The molecule has 21 heavy (non-hydrogen) atoms. The van der Waals surface area contributed by atoms with Crippen LogP contribution in [0.1, 0.15) is 15.9 Å². The topological polar surface area (TPSA) is 87.7 Å². The molecule has 0 radical (unpaired) electrons. The molecule has 2 aromatic carbocycles. The number of amidine groups is 1. The molecule has 0 saturated heterocycles. The number of para-hydroxylation sites is 1. The Morgan fingerprint density at radius 3 is 2.38 bits per heavy atom. The number of carbonyl (C=O) groups is 1. The van der Waals surface area contributed by atoms with Gasteiger partial charge in [0.05, 0.1) is 5.69 Å². The smallest absolute Gasteiger partial charge is 0.255 e. The number of nitrogens with two attached hydrogens (primary N) is 1. The second-order valence-corrected chi connectivity index (χ2v) is 5.02. The van der Waals surface area contributed by atoms with Gasteiger partial charge in [0.15, 0.2) is 5.84 Å². The molecule has 0 fully saturated rings. The van der Waals surface area contributed by atoms with Gasteiger partial charge in [-0.05, 0) is 30.3 Å². The first-order valence-corrected chi connectivity index (χ1v) is 6.61. The maximum absolute atomic E-state index is 12.2. The van der Waals surface area contributed by atoms with Crippen molar-refractivity contribution in [3.63, 3.8) is 0 Å². The lowest BCUT2D eigenvalue weighted by Crippen LogP contribution is -2.19. The van der Waals surface area contributed by atoms with Gasteiger partial charge in [-0.3, -0.25) is 4.79 Å². The van der Waals surface area contributed by atoms with Crippen molar-refractivity contribution in [2.75, 3.05) is 5.32 Å². The van der Waals surface area contributed by atoms with Gasteiger partial charge in [-0.2, -0.15) is 0 Å².